The third-order valence-electron chi connectivity index (χ3n) is 2.50. The van der Waals surface area contributed by atoms with Crippen molar-refractivity contribution < 1.29 is 0 Å². The molecule has 0 fully saturated rings. The fraction of sp³-hybridized carbons (Fsp3) is 0.462. The van der Waals surface area contributed by atoms with Crippen LogP contribution in [0.3, 0.4) is 0 Å². The van der Waals surface area contributed by atoms with Gasteiger partial charge in [-0.05, 0) is 30.5 Å². The van der Waals surface area contributed by atoms with Gasteiger partial charge in [0.25, 0.3) is 0 Å². The van der Waals surface area contributed by atoms with Gasteiger partial charge in [-0.1, -0.05) is 44.3 Å². The second-order valence-electron chi connectivity index (χ2n) is 4.26. The van der Waals surface area contributed by atoms with E-state index in [1.165, 1.54) is 16.7 Å². The van der Waals surface area contributed by atoms with E-state index in [4.69, 9.17) is 12.2 Å². The van der Waals surface area contributed by atoms with Gasteiger partial charge >= 0.3 is 0 Å². The van der Waals surface area contributed by atoms with Crippen LogP contribution in [0.5, 0.6) is 0 Å². The molecule has 0 amide bonds. The summed E-state index contributed by atoms with van der Waals surface area (Å²) in [4.78, 5) is 0.992. The molecule has 2 heteroatoms. The van der Waals surface area contributed by atoms with Crippen molar-refractivity contribution in [1.29, 1.82) is 0 Å². The molecule has 15 heavy (non-hydrogen) atoms. The van der Waals surface area contributed by atoms with Crippen LogP contribution < -0.4 is 5.32 Å². The highest BCUT2D eigenvalue weighted by molar-refractivity contribution is 7.80. The summed E-state index contributed by atoms with van der Waals surface area (Å²) in [6.07, 6.45) is 0. The Morgan fingerprint density at radius 1 is 1.27 bits per heavy atom. The van der Waals surface area contributed by atoms with Crippen molar-refractivity contribution in [1.82, 2.24) is 5.32 Å². The van der Waals surface area contributed by atoms with E-state index >= 15 is 0 Å². The van der Waals surface area contributed by atoms with Crippen molar-refractivity contribution in [2.24, 2.45) is 0 Å². The first-order chi connectivity index (χ1) is 7.00. The Morgan fingerprint density at radius 2 is 1.93 bits per heavy atom. The van der Waals surface area contributed by atoms with E-state index in [9.17, 15) is 0 Å². The Hall–Kier alpha value is -0.730. The number of rotatable bonds is 4. The van der Waals surface area contributed by atoms with Gasteiger partial charge in [-0.15, -0.1) is 0 Å². The number of hydrogen-bond donors (Lipinski definition) is 1. The molecule has 0 aromatic heterocycles. The fourth-order valence-corrected chi connectivity index (χ4v) is 1.52. The molecule has 0 saturated heterocycles. The van der Waals surface area contributed by atoms with E-state index in [2.05, 4.69) is 51.2 Å². The summed E-state index contributed by atoms with van der Waals surface area (Å²) < 4.78 is 0. The first kappa shape index (κ1) is 12.3. The van der Waals surface area contributed by atoms with Crippen LogP contribution >= 0.6 is 12.2 Å². The summed E-state index contributed by atoms with van der Waals surface area (Å²) in [5.74, 6) is 0. The van der Waals surface area contributed by atoms with Gasteiger partial charge in [0.2, 0.25) is 0 Å². The molecule has 0 aliphatic carbocycles. The van der Waals surface area contributed by atoms with E-state index in [1.54, 1.807) is 0 Å². The van der Waals surface area contributed by atoms with Gasteiger partial charge in [0.05, 0.1) is 0 Å². The Morgan fingerprint density at radius 3 is 2.47 bits per heavy atom. The van der Waals surface area contributed by atoms with Crippen molar-refractivity contribution in [3.63, 3.8) is 0 Å². The van der Waals surface area contributed by atoms with Gasteiger partial charge in [-0.2, -0.15) is 0 Å². The Balaban J connectivity index is 2.70. The number of benzene rings is 1. The molecule has 0 bridgehead atoms. The van der Waals surface area contributed by atoms with Crippen molar-refractivity contribution in [2.75, 3.05) is 6.54 Å². The second-order valence-corrected chi connectivity index (χ2v) is 4.75. The Bertz CT molecular complexity index is 356. The van der Waals surface area contributed by atoms with E-state index in [0.717, 1.165) is 11.4 Å². The molecule has 0 radical (unpaired) electrons. The monoisotopic (exact) mass is 221 g/mol. The SMILES string of the molecule is Cc1ccc(C(=S)CNC(C)C)cc1C. The van der Waals surface area contributed by atoms with Crippen LogP contribution in [0, 0.1) is 13.8 Å². The van der Waals surface area contributed by atoms with Crippen molar-refractivity contribution in [3.05, 3.63) is 34.9 Å². The van der Waals surface area contributed by atoms with Crippen LogP contribution in [0.15, 0.2) is 18.2 Å². The van der Waals surface area contributed by atoms with Crippen LogP contribution in [0.2, 0.25) is 0 Å². The quantitative estimate of drug-likeness (QED) is 0.619. The van der Waals surface area contributed by atoms with Crippen LogP contribution in [0.4, 0.5) is 0 Å². The molecule has 1 nitrogen and oxygen atoms in total. The number of aryl methyl sites for hydroxylation is 2. The molecule has 0 heterocycles. The van der Waals surface area contributed by atoms with Gasteiger partial charge in [0.15, 0.2) is 0 Å². The number of thiocarbonyl (C=S) groups is 1. The average Bonchev–Trinajstić information content (AvgIpc) is 2.18. The van der Waals surface area contributed by atoms with Crippen LogP contribution in [0.25, 0.3) is 0 Å². The lowest BCUT2D eigenvalue weighted by atomic mass is 10.0. The molecule has 0 atom stereocenters. The van der Waals surface area contributed by atoms with Crippen LogP contribution in [-0.2, 0) is 0 Å². The van der Waals surface area contributed by atoms with Crippen molar-refractivity contribution >= 4 is 17.1 Å². The highest BCUT2D eigenvalue weighted by Gasteiger charge is 2.03. The smallest absolute Gasteiger partial charge is 0.0362 e. The lowest BCUT2D eigenvalue weighted by Gasteiger charge is -2.10. The standard InChI is InChI=1S/C13H19NS/c1-9(2)14-8-13(15)12-6-5-10(3)11(4)7-12/h5-7,9,14H,8H2,1-4H3. The minimum absolute atomic E-state index is 0.481. The summed E-state index contributed by atoms with van der Waals surface area (Å²) in [7, 11) is 0. The summed E-state index contributed by atoms with van der Waals surface area (Å²) in [6, 6.07) is 6.88. The minimum Gasteiger partial charge on any atom is -0.310 e. The molecule has 1 rings (SSSR count). The third kappa shape index (κ3) is 3.73. The molecular formula is C13H19NS. The first-order valence-electron chi connectivity index (χ1n) is 5.34. The maximum absolute atomic E-state index is 5.38. The number of nitrogens with one attached hydrogen (secondary N) is 1. The zero-order valence-electron chi connectivity index (χ0n) is 9.92. The molecule has 82 valence electrons. The summed E-state index contributed by atoms with van der Waals surface area (Å²) >= 11 is 5.38. The lowest BCUT2D eigenvalue weighted by molar-refractivity contribution is 0.645. The Labute approximate surface area is 97.9 Å². The van der Waals surface area contributed by atoms with E-state index in [-0.39, 0.29) is 0 Å². The zero-order chi connectivity index (χ0) is 11.4. The number of hydrogen-bond acceptors (Lipinski definition) is 2. The van der Waals surface area contributed by atoms with Gasteiger partial charge in [-0.25, -0.2) is 0 Å². The first-order valence-corrected chi connectivity index (χ1v) is 5.75. The van der Waals surface area contributed by atoms with E-state index < -0.39 is 0 Å². The molecular weight excluding hydrogens is 202 g/mol. The maximum Gasteiger partial charge on any atom is 0.0362 e. The van der Waals surface area contributed by atoms with Crippen molar-refractivity contribution in [2.45, 2.75) is 33.7 Å². The van der Waals surface area contributed by atoms with E-state index in [0.29, 0.717) is 6.04 Å². The van der Waals surface area contributed by atoms with Gasteiger partial charge in [0.1, 0.15) is 0 Å². The molecule has 1 N–H and O–H groups in total. The molecule has 0 aliphatic heterocycles. The molecule has 0 saturated carbocycles. The van der Waals surface area contributed by atoms with Gasteiger partial charge in [0, 0.05) is 17.5 Å². The fourth-order valence-electron chi connectivity index (χ4n) is 1.31. The highest BCUT2D eigenvalue weighted by Crippen LogP contribution is 2.10. The predicted molar refractivity (Wildman–Crippen MR) is 70.8 cm³/mol. The molecule has 1 aromatic carbocycles. The Kier molecular flexibility index (Phi) is 4.43. The van der Waals surface area contributed by atoms with E-state index in [1.807, 2.05) is 0 Å². The molecule has 1 aromatic rings. The minimum atomic E-state index is 0.481. The maximum atomic E-state index is 5.38. The normalized spacial score (nSPS) is 10.7. The van der Waals surface area contributed by atoms with Crippen molar-refractivity contribution in [3.8, 4) is 0 Å². The summed E-state index contributed by atoms with van der Waals surface area (Å²) in [5, 5.41) is 3.34. The average molecular weight is 221 g/mol. The molecule has 0 aliphatic rings. The predicted octanol–water partition coefficient (Wildman–Crippen LogP) is 3.02. The highest BCUT2D eigenvalue weighted by atomic mass is 32.1. The second kappa shape index (κ2) is 5.38. The third-order valence-corrected chi connectivity index (χ3v) is 2.88. The topological polar surface area (TPSA) is 12.0 Å². The summed E-state index contributed by atoms with van der Waals surface area (Å²) in [6.45, 7) is 9.29. The van der Waals surface area contributed by atoms with Gasteiger partial charge in [-0.3, -0.25) is 0 Å². The van der Waals surface area contributed by atoms with Gasteiger partial charge < -0.3 is 5.32 Å². The molecule has 0 unspecified atom stereocenters. The van der Waals surface area contributed by atoms with Crippen LogP contribution in [0.1, 0.15) is 30.5 Å². The largest absolute Gasteiger partial charge is 0.310 e. The lowest BCUT2D eigenvalue weighted by Crippen LogP contribution is -2.28. The summed E-state index contributed by atoms with van der Waals surface area (Å²) in [5.41, 5.74) is 3.79. The molecule has 0 spiro atoms. The van der Waals surface area contributed by atoms with Crippen LogP contribution in [-0.4, -0.2) is 17.5 Å². The zero-order valence-corrected chi connectivity index (χ0v) is 10.7.